The number of nitrogens with two attached hydrogens (primary N) is 1. The molecule has 47 heavy (non-hydrogen) atoms. The van der Waals surface area contributed by atoms with E-state index < -0.39 is 11.4 Å². The average Bonchev–Trinajstić information content (AvgIpc) is 3.81. The molecule has 1 amide bonds. The van der Waals surface area contributed by atoms with Gasteiger partial charge in [0.15, 0.2) is 5.65 Å². The van der Waals surface area contributed by atoms with Crippen LogP contribution in [-0.2, 0) is 9.53 Å². The number of fused-ring (bicyclic) bond motifs is 1. The molecule has 4 aromatic rings. The number of benzene rings is 2. The summed E-state index contributed by atoms with van der Waals surface area (Å²) in [5.41, 5.74) is 6.96. The number of carbonyl (C=O) groups is 1. The molecule has 0 unspecified atom stereocenters. The second-order valence-electron chi connectivity index (χ2n) is 13.0. The smallest absolute Gasteiger partial charge is 0.264 e. The van der Waals surface area contributed by atoms with Gasteiger partial charge in [-0.1, -0.05) is 18.2 Å². The van der Waals surface area contributed by atoms with Gasteiger partial charge in [0.2, 0.25) is 0 Å². The first-order valence-corrected chi connectivity index (χ1v) is 16.0. The van der Waals surface area contributed by atoms with Gasteiger partial charge in [-0.25, -0.2) is 19.0 Å². The van der Waals surface area contributed by atoms with Gasteiger partial charge in [-0.3, -0.25) is 9.69 Å². The molecule has 7 rings (SSSR count). The third-order valence-corrected chi connectivity index (χ3v) is 9.19. The van der Waals surface area contributed by atoms with E-state index in [1.807, 2.05) is 24.3 Å². The number of nitrogen functional groups attached to an aromatic ring is 1. The van der Waals surface area contributed by atoms with Gasteiger partial charge in [0.05, 0.1) is 30.7 Å². The van der Waals surface area contributed by atoms with Crippen molar-refractivity contribution < 1.29 is 18.7 Å². The molecular formula is C35H37FN8O3. The molecule has 11 nitrogen and oxygen atoms in total. The zero-order chi connectivity index (χ0) is 32.7. The molecule has 3 aliphatic rings. The zero-order valence-electron chi connectivity index (χ0n) is 26.5. The third-order valence-electron chi connectivity index (χ3n) is 9.19. The van der Waals surface area contributed by atoms with E-state index in [2.05, 4.69) is 34.8 Å². The predicted octanol–water partition coefficient (Wildman–Crippen LogP) is 5.26. The fourth-order valence-electron chi connectivity index (χ4n) is 6.87. The maximum Gasteiger partial charge on any atom is 0.264 e. The Kier molecular flexibility index (Phi) is 8.11. The Labute approximate surface area is 272 Å². The second-order valence-corrected chi connectivity index (χ2v) is 13.0. The Morgan fingerprint density at radius 2 is 1.91 bits per heavy atom. The van der Waals surface area contributed by atoms with E-state index in [1.165, 1.54) is 12.4 Å². The highest BCUT2D eigenvalue weighted by atomic mass is 19.1. The minimum atomic E-state index is -0.534. The number of amides is 1. The molecule has 4 heterocycles. The number of nitrogens with zero attached hydrogens (tertiary/aromatic N) is 7. The number of halogens is 1. The van der Waals surface area contributed by atoms with Crippen LogP contribution < -0.4 is 10.5 Å². The standard InChI is InChI=1S/C35H37FN8O3/c1-35(2,43(23-10-11-23)25-19-46-20-25)16-22(17-37)34(45)42-14-6-7-24(18-42)44-33-30(32(38)39-21-40-33)31(41-44)28-13-12-27(15-29(28)36)47-26-8-4-3-5-9-26/h3-5,8-9,12-13,15-16,21,23-25H,6-7,10-11,14,18-20H2,1-2H3,(H2,38,39,40)/b22-16-/t24-/m0/s1. The number of piperidine rings is 1. The van der Waals surface area contributed by atoms with Gasteiger partial charge in [-0.05, 0) is 69.9 Å². The average molecular weight is 637 g/mol. The Morgan fingerprint density at radius 3 is 2.60 bits per heavy atom. The highest BCUT2D eigenvalue weighted by Crippen LogP contribution is 2.39. The lowest BCUT2D eigenvalue weighted by Crippen LogP contribution is -2.58. The topological polar surface area (TPSA) is 135 Å². The Bertz CT molecular complexity index is 1880. The normalized spacial score (nSPS) is 19.1. The molecule has 1 aliphatic carbocycles. The highest BCUT2D eigenvalue weighted by Gasteiger charge is 2.44. The first-order valence-electron chi connectivity index (χ1n) is 16.0. The number of aromatic nitrogens is 4. The van der Waals surface area contributed by atoms with E-state index in [0.717, 1.165) is 12.8 Å². The summed E-state index contributed by atoms with van der Waals surface area (Å²) < 4.78 is 28.7. The van der Waals surface area contributed by atoms with E-state index in [9.17, 15) is 10.1 Å². The number of ether oxygens (including phenoxy) is 2. The van der Waals surface area contributed by atoms with Crippen LogP contribution >= 0.6 is 0 Å². The summed E-state index contributed by atoms with van der Waals surface area (Å²) in [6, 6.07) is 16.4. The summed E-state index contributed by atoms with van der Waals surface area (Å²) in [5.74, 6) is 0.274. The molecule has 1 saturated carbocycles. The van der Waals surface area contributed by atoms with Crippen molar-refractivity contribution in [1.29, 1.82) is 5.26 Å². The maximum atomic E-state index is 15.7. The minimum absolute atomic E-state index is 0.124. The monoisotopic (exact) mass is 636 g/mol. The summed E-state index contributed by atoms with van der Waals surface area (Å²) in [6.07, 6.45) is 6.81. The molecule has 242 valence electrons. The fourth-order valence-corrected chi connectivity index (χ4v) is 6.87. The van der Waals surface area contributed by atoms with E-state index in [4.69, 9.17) is 20.3 Å². The largest absolute Gasteiger partial charge is 0.457 e. The van der Waals surface area contributed by atoms with Gasteiger partial charge in [0.1, 0.15) is 46.8 Å². The highest BCUT2D eigenvalue weighted by molar-refractivity contribution is 5.99. The van der Waals surface area contributed by atoms with Crippen LogP contribution in [0.5, 0.6) is 11.5 Å². The van der Waals surface area contributed by atoms with Gasteiger partial charge < -0.3 is 20.1 Å². The lowest BCUT2D eigenvalue weighted by molar-refractivity contribution is -0.128. The predicted molar refractivity (Wildman–Crippen MR) is 174 cm³/mol. The summed E-state index contributed by atoms with van der Waals surface area (Å²) in [5, 5.41) is 15.4. The van der Waals surface area contributed by atoms with Crippen molar-refractivity contribution >= 4 is 22.8 Å². The van der Waals surface area contributed by atoms with E-state index in [1.54, 1.807) is 33.8 Å². The number of anilines is 1. The van der Waals surface area contributed by atoms with Crippen molar-refractivity contribution in [3.05, 3.63) is 72.3 Å². The van der Waals surface area contributed by atoms with Crippen molar-refractivity contribution in [2.75, 3.05) is 32.0 Å². The van der Waals surface area contributed by atoms with E-state index in [0.29, 0.717) is 73.4 Å². The molecular weight excluding hydrogens is 599 g/mol. The fraction of sp³-hybridized carbons (Fsp3) is 0.400. The van der Waals surface area contributed by atoms with Crippen LogP contribution in [0.15, 0.2) is 66.5 Å². The van der Waals surface area contributed by atoms with Crippen LogP contribution in [0.1, 0.15) is 45.6 Å². The van der Waals surface area contributed by atoms with E-state index in [-0.39, 0.29) is 34.9 Å². The molecule has 3 fully saturated rings. The van der Waals surface area contributed by atoms with Crippen LogP contribution in [0.3, 0.4) is 0 Å². The Morgan fingerprint density at radius 1 is 1.13 bits per heavy atom. The number of nitriles is 1. The molecule has 2 aliphatic heterocycles. The lowest BCUT2D eigenvalue weighted by Gasteiger charge is -2.46. The molecule has 2 N–H and O–H groups in total. The van der Waals surface area contributed by atoms with Crippen molar-refractivity contribution in [2.24, 2.45) is 0 Å². The summed E-state index contributed by atoms with van der Waals surface area (Å²) in [4.78, 5) is 26.6. The minimum Gasteiger partial charge on any atom is -0.457 e. The molecule has 2 aromatic heterocycles. The third kappa shape index (κ3) is 6.04. The summed E-state index contributed by atoms with van der Waals surface area (Å²) in [6.45, 7) is 6.29. The quantitative estimate of drug-likeness (QED) is 0.193. The SMILES string of the molecule is CC(C)(/C=C(/C#N)C(=O)N1CCC[C@H](n2nc(-c3ccc(Oc4ccccc4)cc3F)c3c(N)ncnc32)C1)N(C1CC1)C1COC1. The van der Waals surface area contributed by atoms with Crippen molar-refractivity contribution in [3.63, 3.8) is 0 Å². The van der Waals surface area contributed by atoms with Crippen molar-refractivity contribution in [3.8, 4) is 28.8 Å². The van der Waals surface area contributed by atoms with Crippen molar-refractivity contribution in [1.82, 2.24) is 29.5 Å². The molecule has 1 atom stereocenters. The number of rotatable bonds is 9. The van der Waals surface area contributed by atoms with Gasteiger partial charge >= 0.3 is 0 Å². The zero-order valence-corrected chi connectivity index (χ0v) is 26.5. The van der Waals surface area contributed by atoms with Crippen LogP contribution in [-0.4, -0.2) is 79.4 Å². The first kappa shape index (κ1) is 30.8. The van der Waals surface area contributed by atoms with Gasteiger partial charge in [0, 0.05) is 36.3 Å². The van der Waals surface area contributed by atoms with Crippen LogP contribution in [0.25, 0.3) is 22.3 Å². The molecule has 0 spiro atoms. The van der Waals surface area contributed by atoms with Crippen LogP contribution in [0.2, 0.25) is 0 Å². The molecule has 2 saturated heterocycles. The number of hydrogen-bond donors (Lipinski definition) is 1. The lowest BCUT2D eigenvalue weighted by atomic mass is 9.94. The summed E-state index contributed by atoms with van der Waals surface area (Å²) in [7, 11) is 0. The van der Waals surface area contributed by atoms with E-state index >= 15 is 4.39 Å². The number of carbonyl (C=O) groups excluding carboxylic acids is 1. The molecule has 2 aromatic carbocycles. The maximum absolute atomic E-state index is 15.7. The van der Waals surface area contributed by atoms with Crippen molar-refractivity contribution in [2.45, 2.75) is 63.2 Å². The first-order chi connectivity index (χ1) is 22.7. The number of likely N-dealkylation sites (tertiary alicyclic amines) is 1. The summed E-state index contributed by atoms with van der Waals surface area (Å²) >= 11 is 0. The van der Waals surface area contributed by atoms with Gasteiger partial charge in [-0.2, -0.15) is 10.4 Å². The van der Waals surface area contributed by atoms with Crippen LogP contribution in [0, 0.1) is 17.1 Å². The second kappa shape index (κ2) is 12.4. The van der Waals surface area contributed by atoms with Gasteiger partial charge in [-0.15, -0.1) is 0 Å². The number of hydrogen-bond acceptors (Lipinski definition) is 9. The van der Waals surface area contributed by atoms with Crippen LogP contribution in [0.4, 0.5) is 10.2 Å². The van der Waals surface area contributed by atoms with Gasteiger partial charge in [0.25, 0.3) is 5.91 Å². The Hall–Kier alpha value is -4.86. The molecule has 12 heteroatoms. The molecule has 0 bridgehead atoms. The Balaban J connectivity index is 1.16. The molecule has 0 radical (unpaired) electrons. The number of para-hydroxylation sites is 1.